The number of fused-ring (bicyclic) bond motifs is 19. The summed E-state index contributed by atoms with van der Waals surface area (Å²) < 4.78 is 13.5. The van der Waals surface area contributed by atoms with Crippen molar-refractivity contribution in [3.05, 3.63) is 218 Å². The van der Waals surface area contributed by atoms with Crippen LogP contribution in [0.3, 0.4) is 0 Å². The van der Waals surface area contributed by atoms with Crippen molar-refractivity contribution >= 4 is 69.0 Å². The Morgan fingerprint density at radius 2 is 0.769 bits per heavy atom. The van der Waals surface area contributed by atoms with E-state index >= 15 is 0 Å². The average molecular weight is 842 g/mol. The second kappa shape index (κ2) is 13.0. The quantitative estimate of drug-likeness (QED) is 0.162. The van der Waals surface area contributed by atoms with E-state index < -0.39 is 8.07 Å². The second-order valence-corrected chi connectivity index (χ2v) is 21.5. The van der Waals surface area contributed by atoms with Crippen LogP contribution in [0.15, 0.2) is 218 Å². The standard InChI is InChI=1S/C60H36BNO2Si/c1-2-16-41-40(15-1)42-17-3-9-23-50(42)62(51-24-10-4-18-43(41)51)39-30-32-59-47(36-39)45-20-6-14-28-57(45)65(59)56-27-13-5-19-44(56)46-33-37(29-31-58(46)65)38-34-54-60-55(35-38)64-53-26-12-8-22-49(53)61(60)48-21-7-11-25-52(48)63-54/h1-36H. The smallest absolute Gasteiger partial charge is 0.260 e. The zero-order valence-electron chi connectivity index (χ0n) is 35.1. The van der Waals surface area contributed by atoms with Crippen LogP contribution in [0.25, 0.3) is 55.6 Å². The molecule has 0 radical (unpaired) electrons. The highest BCUT2D eigenvalue weighted by molar-refractivity contribution is 7.24. The summed E-state index contributed by atoms with van der Waals surface area (Å²) in [6.07, 6.45) is 0. The van der Waals surface area contributed by atoms with E-state index in [1.165, 1.54) is 87.6 Å². The van der Waals surface area contributed by atoms with E-state index in [1.807, 2.05) is 0 Å². The lowest BCUT2D eigenvalue weighted by Crippen LogP contribution is -2.70. The first kappa shape index (κ1) is 35.4. The van der Waals surface area contributed by atoms with Crippen LogP contribution in [0.5, 0.6) is 23.0 Å². The molecule has 0 N–H and O–H groups in total. The van der Waals surface area contributed by atoms with Crippen molar-refractivity contribution in [2.45, 2.75) is 0 Å². The Morgan fingerprint density at radius 1 is 0.323 bits per heavy atom. The van der Waals surface area contributed by atoms with Gasteiger partial charge in [-0.25, -0.2) is 0 Å². The van der Waals surface area contributed by atoms with Crippen LogP contribution in [0.2, 0.25) is 0 Å². The van der Waals surface area contributed by atoms with E-state index in [4.69, 9.17) is 9.47 Å². The summed E-state index contributed by atoms with van der Waals surface area (Å²) in [5.41, 5.74) is 19.5. The summed E-state index contributed by atoms with van der Waals surface area (Å²) in [6, 6.07) is 81.0. The molecule has 1 atom stereocenters. The highest BCUT2D eigenvalue weighted by atomic mass is 28.3. The SMILES string of the molecule is c1ccc2c(c1)Oc1cc(-c3ccc4c(c3)-c3ccccc3[Si]43c4ccccc4-c4cc(N5c6ccccc6-c6ccccc6-c6ccccc65)ccc43)cc3c1B2c1ccccc1O3. The summed E-state index contributed by atoms with van der Waals surface area (Å²) in [5, 5.41) is 5.80. The maximum atomic E-state index is 6.74. The van der Waals surface area contributed by atoms with E-state index in [0.717, 1.165) is 45.3 Å². The molecule has 3 nitrogen and oxygen atoms in total. The molecule has 0 fully saturated rings. The molecular weight excluding hydrogens is 806 g/mol. The van der Waals surface area contributed by atoms with Crippen LogP contribution in [-0.2, 0) is 0 Å². The molecule has 0 saturated carbocycles. The Morgan fingerprint density at radius 3 is 1.35 bits per heavy atom. The maximum Gasteiger partial charge on any atom is 0.260 e. The van der Waals surface area contributed by atoms with Gasteiger partial charge in [0, 0.05) is 22.3 Å². The Balaban J connectivity index is 0.913. The number of ether oxygens (including phenoxy) is 2. The number of benzene rings is 10. The molecule has 5 aliphatic heterocycles. The van der Waals surface area contributed by atoms with Crippen molar-refractivity contribution in [1.29, 1.82) is 0 Å². The fraction of sp³-hybridized carbons (Fsp3) is 0. The molecule has 0 aliphatic carbocycles. The predicted molar refractivity (Wildman–Crippen MR) is 270 cm³/mol. The molecule has 10 aromatic rings. The average Bonchev–Trinajstić information content (AvgIpc) is 3.78. The van der Waals surface area contributed by atoms with E-state index in [1.54, 1.807) is 0 Å². The Bertz CT molecular complexity index is 3590. The molecule has 65 heavy (non-hydrogen) atoms. The van der Waals surface area contributed by atoms with Crippen molar-refractivity contribution in [1.82, 2.24) is 0 Å². The Hall–Kier alpha value is -8.12. The van der Waals surface area contributed by atoms with Crippen LogP contribution in [-0.4, -0.2) is 14.8 Å². The number of anilines is 3. The predicted octanol–water partition coefficient (Wildman–Crippen LogP) is 10.5. The minimum absolute atomic E-state index is 0.0462. The summed E-state index contributed by atoms with van der Waals surface area (Å²) in [4.78, 5) is 2.49. The van der Waals surface area contributed by atoms with Gasteiger partial charge in [-0.1, -0.05) is 164 Å². The number of para-hydroxylation sites is 4. The van der Waals surface area contributed by atoms with Crippen LogP contribution in [0.4, 0.5) is 17.1 Å². The maximum absolute atomic E-state index is 6.74. The number of nitrogens with zero attached hydrogens (tertiary/aromatic N) is 1. The molecule has 10 aromatic carbocycles. The third-order valence-electron chi connectivity index (χ3n) is 14.8. The lowest BCUT2D eigenvalue weighted by molar-refractivity contribution is 0.465. The van der Waals surface area contributed by atoms with Gasteiger partial charge in [0.1, 0.15) is 23.0 Å². The van der Waals surface area contributed by atoms with Gasteiger partial charge in [-0.15, -0.1) is 0 Å². The minimum atomic E-state index is -2.74. The first-order chi connectivity index (χ1) is 32.2. The first-order valence-electron chi connectivity index (χ1n) is 22.5. The number of rotatable bonds is 2. The highest BCUT2D eigenvalue weighted by Gasteiger charge is 2.54. The zero-order valence-corrected chi connectivity index (χ0v) is 36.1. The molecule has 0 amide bonds. The van der Waals surface area contributed by atoms with Gasteiger partial charge in [-0.2, -0.15) is 0 Å². The van der Waals surface area contributed by atoms with E-state index in [-0.39, 0.29) is 6.71 Å². The Kier molecular flexibility index (Phi) is 7.06. The van der Waals surface area contributed by atoms with E-state index in [0.29, 0.717) is 0 Å². The van der Waals surface area contributed by atoms with Crippen molar-refractivity contribution in [3.8, 4) is 78.6 Å². The molecule has 0 aromatic heterocycles. The fourth-order valence-electron chi connectivity index (χ4n) is 12.2. The molecule has 5 aliphatic rings. The number of hydrogen-bond acceptors (Lipinski definition) is 3. The van der Waals surface area contributed by atoms with E-state index in [2.05, 4.69) is 223 Å². The van der Waals surface area contributed by atoms with Gasteiger partial charge >= 0.3 is 0 Å². The number of hydrogen-bond donors (Lipinski definition) is 0. The van der Waals surface area contributed by atoms with Crippen molar-refractivity contribution in [2.24, 2.45) is 0 Å². The van der Waals surface area contributed by atoms with Gasteiger partial charge in [0.2, 0.25) is 0 Å². The molecule has 5 heteroatoms. The van der Waals surface area contributed by atoms with Crippen molar-refractivity contribution in [2.75, 3.05) is 4.90 Å². The van der Waals surface area contributed by atoms with Crippen LogP contribution < -0.4 is 51.5 Å². The van der Waals surface area contributed by atoms with Gasteiger partial charge in [0.25, 0.3) is 6.71 Å². The van der Waals surface area contributed by atoms with Crippen LogP contribution >= 0.6 is 0 Å². The fourth-order valence-corrected chi connectivity index (χ4v) is 17.7. The third-order valence-corrected chi connectivity index (χ3v) is 19.7. The normalized spacial score (nSPS) is 15.6. The molecule has 5 heterocycles. The molecule has 1 spiro atoms. The second-order valence-electron chi connectivity index (χ2n) is 17.8. The van der Waals surface area contributed by atoms with Crippen LogP contribution in [0, 0.1) is 0 Å². The lowest BCUT2D eigenvalue weighted by Gasteiger charge is -2.33. The molecular formula is C60H36BNO2Si. The van der Waals surface area contributed by atoms with Gasteiger partial charge in [-0.05, 0) is 131 Å². The van der Waals surface area contributed by atoms with E-state index in [9.17, 15) is 0 Å². The largest absolute Gasteiger partial charge is 0.458 e. The van der Waals surface area contributed by atoms with Crippen LogP contribution in [0.1, 0.15) is 0 Å². The Labute approximate surface area is 378 Å². The highest BCUT2D eigenvalue weighted by Crippen LogP contribution is 2.51. The van der Waals surface area contributed by atoms with Gasteiger partial charge in [-0.3, -0.25) is 0 Å². The van der Waals surface area contributed by atoms with Crippen molar-refractivity contribution < 1.29 is 9.47 Å². The third kappa shape index (κ3) is 4.65. The zero-order chi connectivity index (χ0) is 42.4. The molecule has 1 unspecified atom stereocenters. The molecule has 0 saturated heterocycles. The summed E-state index contributed by atoms with van der Waals surface area (Å²) in [7, 11) is -2.74. The van der Waals surface area contributed by atoms with Gasteiger partial charge in [0.15, 0.2) is 8.07 Å². The van der Waals surface area contributed by atoms with Crippen molar-refractivity contribution in [3.63, 3.8) is 0 Å². The lowest BCUT2D eigenvalue weighted by atomic mass is 9.35. The topological polar surface area (TPSA) is 21.7 Å². The summed E-state index contributed by atoms with van der Waals surface area (Å²) >= 11 is 0. The van der Waals surface area contributed by atoms with Gasteiger partial charge in [0.05, 0.1) is 11.4 Å². The summed E-state index contributed by atoms with van der Waals surface area (Å²) in [6.45, 7) is 0.0462. The molecule has 300 valence electrons. The monoisotopic (exact) mass is 841 g/mol. The minimum Gasteiger partial charge on any atom is -0.458 e. The first-order valence-corrected chi connectivity index (χ1v) is 24.5. The summed E-state index contributed by atoms with van der Waals surface area (Å²) in [5.74, 6) is 3.51. The molecule has 0 bridgehead atoms. The molecule has 15 rings (SSSR count). The van der Waals surface area contributed by atoms with Gasteiger partial charge < -0.3 is 14.4 Å².